The van der Waals surface area contributed by atoms with Crippen LogP contribution in [0, 0.1) is 5.92 Å². The average molecular weight is 482 g/mol. The fourth-order valence-corrected chi connectivity index (χ4v) is 5.04. The molecule has 1 aliphatic heterocycles. The Labute approximate surface area is 204 Å². The van der Waals surface area contributed by atoms with Crippen LogP contribution in [0.2, 0.25) is 5.02 Å². The van der Waals surface area contributed by atoms with E-state index in [4.69, 9.17) is 30.8 Å². The van der Waals surface area contributed by atoms with Crippen LogP contribution in [0.3, 0.4) is 0 Å². The number of allylic oxidation sites excluding steroid dienone is 2. The lowest BCUT2D eigenvalue weighted by Gasteiger charge is -2.37. The van der Waals surface area contributed by atoms with Crippen molar-refractivity contribution in [1.82, 2.24) is 0 Å². The molecule has 0 N–H and O–H groups in total. The molecule has 34 heavy (non-hydrogen) atoms. The second-order valence-electron chi connectivity index (χ2n) is 8.55. The molecular weight excluding hydrogens is 454 g/mol. The number of ketones is 1. The molecule has 2 aliphatic rings. The molecule has 0 bridgehead atoms. The highest BCUT2D eigenvalue weighted by atomic mass is 35.5. The lowest BCUT2D eigenvalue weighted by Crippen LogP contribution is -2.38. The van der Waals surface area contributed by atoms with Gasteiger partial charge in [-0.2, -0.15) is 0 Å². The number of ether oxygens (including phenoxy) is 3. The Morgan fingerprint density at radius 2 is 1.79 bits per heavy atom. The number of Topliss-reactive ketones (excluding diaryl/α,β-unsaturated/α-hetero) is 1. The van der Waals surface area contributed by atoms with Gasteiger partial charge in [-0.15, -0.1) is 0 Å². The van der Waals surface area contributed by atoms with Crippen molar-refractivity contribution < 1.29 is 23.8 Å². The molecule has 0 spiro atoms. The van der Waals surface area contributed by atoms with Crippen LogP contribution in [0.4, 0.5) is 0 Å². The van der Waals surface area contributed by atoms with Crippen molar-refractivity contribution in [3.05, 3.63) is 76.0 Å². The van der Waals surface area contributed by atoms with E-state index in [0.717, 1.165) is 16.8 Å². The summed E-state index contributed by atoms with van der Waals surface area (Å²) in [6, 6.07) is 15.1. The van der Waals surface area contributed by atoms with Crippen molar-refractivity contribution >= 4 is 29.1 Å². The van der Waals surface area contributed by atoms with E-state index in [1.54, 1.807) is 14.2 Å². The number of halogens is 1. The average Bonchev–Trinajstić information content (AvgIpc) is 2.83. The van der Waals surface area contributed by atoms with Crippen molar-refractivity contribution in [2.45, 2.75) is 31.6 Å². The second kappa shape index (κ2) is 10.5. The smallest absolute Gasteiger partial charge is 0.315 e. The van der Waals surface area contributed by atoms with Crippen LogP contribution < -0.4 is 4.74 Å². The number of nitrogens with zero attached hydrogens (tertiary/aromatic N) is 1. The summed E-state index contributed by atoms with van der Waals surface area (Å²) in [5, 5.41) is 0.656. The van der Waals surface area contributed by atoms with Gasteiger partial charge < -0.3 is 14.2 Å². The molecule has 0 amide bonds. The molecule has 0 radical (unpaired) electrons. The Morgan fingerprint density at radius 1 is 1.06 bits per heavy atom. The summed E-state index contributed by atoms with van der Waals surface area (Å²) in [4.78, 5) is 31.6. The largest absolute Gasteiger partial charge is 0.496 e. The van der Waals surface area contributed by atoms with Gasteiger partial charge in [0.25, 0.3) is 0 Å². The van der Waals surface area contributed by atoms with Crippen LogP contribution in [0.15, 0.2) is 64.8 Å². The van der Waals surface area contributed by atoms with Crippen LogP contribution in [-0.2, 0) is 19.1 Å². The number of aliphatic imine (C=N–C) groups is 1. The number of hydrogen-bond donors (Lipinski definition) is 0. The van der Waals surface area contributed by atoms with Gasteiger partial charge in [-0.1, -0.05) is 41.9 Å². The molecule has 6 nitrogen and oxygen atoms in total. The predicted octanol–water partition coefficient (Wildman–Crippen LogP) is 5.11. The molecule has 4 rings (SSSR count). The third-order valence-electron chi connectivity index (χ3n) is 6.49. The fraction of sp³-hybridized carbons (Fsp3) is 0.370. The first-order valence-corrected chi connectivity index (χ1v) is 11.7. The topological polar surface area (TPSA) is 74.2 Å². The van der Waals surface area contributed by atoms with Crippen molar-refractivity contribution in [1.29, 1.82) is 0 Å². The first-order valence-electron chi connectivity index (χ1n) is 11.3. The lowest BCUT2D eigenvalue weighted by molar-refractivity contribution is -0.147. The Morgan fingerprint density at radius 3 is 2.50 bits per heavy atom. The van der Waals surface area contributed by atoms with Crippen molar-refractivity contribution in [2.75, 3.05) is 27.4 Å². The van der Waals surface area contributed by atoms with E-state index in [0.29, 0.717) is 41.5 Å². The summed E-state index contributed by atoms with van der Waals surface area (Å²) in [7, 11) is 3.14. The zero-order valence-electron chi connectivity index (χ0n) is 19.5. The molecule has 2 aromatic rings. The maximum atomic E-state index is 13.6. The van der Waals surface area contributed by atoms with Gasteiger partial charge in [0.2, 0.25) is 0 Å². The first-order chi connectivity index (χ1) is 16.4. The van der Waals surface area contributed by atoms with Gasteiger partial charge >= 0.3 is 5.97 Å². The molecule has 1 aliphatic carbocycles. The number of benzene rings is 2. The molecule has 3 atom stereocenters. The number of methoxy groups -OCH3 is 2. The molecule has 0 aromatic heterocycles. The van der Waals surface area contributed by atoms with Gasteiger partial charge in [-0.25, -0.2) is 0 Å². The Kier molecular flexibility index (Phi) is 7.49. The third kappa shape index (κ3) is 4.79. The van der Waals surface area contributed by atoms with E-state index in [-0.39, 0.29) is 18.3 Å². The molecule has 2 aromatic carbocycles. The maximum absolute atomic E-state index is 13.6. The van der Waals surface area contributed by atoms with Crippen LogP contribution in [0.5, 0.6) is 5.75 Å². The maximum Gasteiger partial charge on any atom is 0.315 e. The second-order valence-corrected chi connectivity index (χ2v) is 8.99. The van der Waals surface area contributed by atoms with Gasteiger partial charge in [-0.3, -0.25) is 14.6 Å². The zero-order chi connectivity index (χ0) is 24.2. The van der Waals surface area contributed by atoms with Crippen LogP contribution >= 0.6 is 11.6 Å². The molecular formula is C27H28ClNO5. The van der Waals surface area contributed by atoms with Gasteiger partial charge in [-0.05, 0) is 43.0 Å². The number of hydrogen-bond acceptors (Lipinski definition) is 6. The molecule has 1 heterocycles. The summed E-state index contributed by atoms with van der Waals surface area (Å²) < 4.78 is 16.1. The highest BCUT2D eigenvalue weighted by molar-refractivity contribution is 6.30. The number of rotatable bonds is 7. The number of para-hydroxylation sites is 1. The zero-order valence-corrected chi connectivity index (χ0v) is 20.3. The van der Waals surface area contributed by atoms with E-state index in [2.05, 4.69) is 0 Å². The van der Waals surface area contributed by atoms with E-state index < -0.39 is 17.8 Å². The van der Waals surface area contributed by atoms with E-state index in [1.807, 2.05) is 55.5 Å². The number of carbonyl (C=O) groups excluding carboxylic acids is 2. The van der Waals surface area contributed by atoms with Crippen molar-refractivity contribution in [2.24, 2.45) is 10.9 Å². The monoisotopic (exact) mass is 481 g/mol. The van der Waals surface area contributed by atoms with E-state index >= 15 is 0 Å². The molecule has 0 saturated heterocycles. The SMILES string of the molecule is COCCOC(=O)C1C(C)=NC2=C(C(=O)C[C@@H](c3ccc(Cl)cc3)C2)[C@@H]1c1ccccc1OC. The molecule has 178 valence electrons. The van der Waals surface area contributed by atoms with Crippen LogP contribution in [0.25, 0.3) is 0 Å². The van der Waals surface area contributed by atoms with Crippen molar-refractivity contribution in [3.8, 4) is 5.75 Å². The number of carbonyl (C=O) groups is 2. The number of esters is 1. The standard InChI is InChI=1S/C27H28ClNO5/c1-16-24(27(31)34-13-12-32-2)25(20-6-4-5-7-23(20)33-3)26-21(29-16)14-18(15-22(26)30)17-8-10-19(28)11-9-17/h4-11,18,24-25H,12-15H2,1-3H3/t18-,24?,25+/m0/s1. The molecule has 0 saturated carbocycles. The summed E-state index contributed by atoms with van der Waals surface area (Å²) in [6.45, 7) is 2.25. The highest BCUT2D eigenvalue weighted by Crippen LogP contribution is 2.48. The minimum atomic E-state index is -0.720. The summed E-state index contributed by atoms with van der Waals surface area (Å²) in [6.07, 6.45) is 0.948. The molecule has 0 fully saturated rings. The predicted molar refractivity (Wildman–Crippen MR) is 131 cm³/mol. The van der Waals surface area contributed by atoms with Gasteiger partial charge in [0, 0.05) is 47.0 Å². The molecule has 1 unspecified atom stereocenters. The van der Waals surface area contributed by atoms with E-state index in [9.17, 15) is 9.59 Å². The summed E-state index contributed by atoms with van der Waals surface area (Å²) in [5.41, 5.74) is 3.76. The van der Waals surface area contributed by atoms with Gasteiger partial charge in [0.05, 0.1) is 13.7 Å². The molecule has 7 heteroatoms. The highest BCUT2D eigenvalue weighted by Gasteiger charge is 2.45. The minimum absolute atomic E-state index is 0.00332. The fourth-order valence-electron chi connectivity index (χ4n) is 4.91. The Balaban J connectivity index is 1.77. The van der Waals surface area contributed by atoms with Crippen molar-refractivity contribution in [3.63, 3.8) is 0 Å². The third-order valence-corrected chi connectivity index (χ3v) is 6.74. The quantitative estimate of drug-likeness (QED) is 0.405. The normalized spacial score (nSPS) is 22.2. The van der Waals surface area contributed by atoms with Crippen LogP contribution in [-0.4, -0.2) is 44.9 Å². The van der Waals surface area contributed by atoms with Gasteiger partial charge in [0.15, 0.2) is 5.78 Å². The van der Waals surface area contributed by atoms with Crippen LogP contribution in [0.1, 0.15) is 42.7 Å². The summed E-state index contributed by atoms with van der Waals surface area (Å²) in [5.74, 6) is -1.06. The van der Waals surface area contributed by atoms with E-state index in [1.165, 1.54) is 0 Å². The summed E-state index contributed by atoms with van der Waals surface area (Å²) >= 11 is 6.05. The lowest BCUT2D eigenvalue weighted by atomic mass is 9.69. The Bertz CT molecular complexity index is 1140. The minimum Gasteiger partial charge on any atom is -0.496 e. The Hall–Kier alpha value is -2.96. The van der Waals surface area contributed by atoms with Gasteiger partial charge in [0.1, 0.15) is 18.3 Å². The first kappa shape index (κ1) is 24.2.